The maximum Gasteiger partial charge on any atom is 0.613 e. The Hall–Kier alpha value is -4.15. The van der Waals surface area contributed by atoms with Gasteiger partial charge in [-0.05, 0) is 58.2 Å². The predicted octanol–water partition coefficient (Wildman–Crippen LogP) is 1.53. The first-order chi connectivity index (χ1) is 23.6. The first-order valence-corrected chi connectivity index (χ1v) is 16.6. The molecule has 19 nitrogen and oxygen atoms in total. The number of fused-ring (bicyclic) bond motifs is 1. The Labute approximate surface area is 289 Å². The molecule has 1 aliphatic rings. The molecule has 20 heteroatoms. The number of nitrogens with zero attached hydrogens (tertiary/aromatic N) is 4. The lowest BCUT2D eigenvalue weighted by Gasteiger charge is -2.28. The third-order valence-corrected chi connectivity index (χ3v) is 8.55. The number of ether oxygens (including phenoxy) is 7. The van der Waals surface area contributed by atoms with E-state index in [0.29, 0.717) is 0 Å². The molecule has 2 N–H and O–H groups in total. The number of nitrogens with one attached hydrogen (secondary N) is 2. The fraction of sp³-hybridized carbons (Fsp3) is 0.633. The largest absolute Gasteiger partial charge is 0.613 e. The molecule has 9 atom stereocenters. The molecule has 50 heavy (non-hydrogen) atoms. The monoisotopic (exact) mass is 725 g/mol. The van der Waals surface area contributed by atoms with Gasteiger partial charge >= 0.3 is 26.1 Å². The second kappa shape index (κ2) is 17.7. The number of nitriles is 1. The number of carbonyl (C=O) groups excluding carboxylic acids is 4. The molecule has 1 saturated heterocycles. The van der Waals surface area contributed by atoms with Crippen LogP contribution in [0.5, 0.6) is 0 Å². The normalized spacial score (nSPS) is 23.0. The standard InChI is InChI=1S/C30H41N6O13P/c1-15(2)46-27(38)16(3)35-50(41)45-13-30(12-31)24(48-29(40)19(6)44-9)23(47-28(39)18(5)43-8)22(49-30)20-10-11-21-25(32-14-33-36(20)21)34-26(37)17(4)42-7/h10-11,14-19,22-24H,13H2,1-9H3,(H-,32,33,34,35,37,41)/p+1/t16-,17+,18+,19+,22-,23-,24-,30+/m0/s1. The van der Waals surface area contributed by atoms with Crippen LogP contribution in [0, 0.1) is 11.3 Å². The Morgan fingerprint density at radius 1 is 0.980 bits per heavy atom. The highest BCUT2D eigenvalue weighted by Crippen LogP contribution is 2.45. The predicted molar refractivity (Wildman–Crippen MR) is 170 cm³/mol. The summed E-state index contributed by atoms with van der Waals surface area (Å²) in [6.45, 7) is 8.24. The van der Waals surface area contributed by atoms with Crippen molar-refractivity contribution in [3.8, 4) is 6.07 Å². The van der Waals surface area contributed by atoms with Crippen molar-refractivity contribution in [1.82, 2.24) is 19.7 Å². The number of methoxy groups -OCH3 is 3. The van der Waals surface area contributed by atoms with E-state index in [1.165, 1.54) is 58.7 Å². The van der Waals surface area contributed by atoms with E-state index < -0.39 is 93.0 Å². The van der Waals surface area contributed by atoms with Gasteiger partial charge in [-0.25, -0.2) is 19.1 Å². The van der Waals surface area contributed by atoms with Crippen LogP contribution in [0.15, 0.2) is 18.5 Å². The number of anilines is 1. The molecular formula is C30H42N6O13P+. The lowest BCUT2D eigenvalue weighted by atomic mass is 9.95. The Balaban J connectivity index is 2.10. The first kappa shape index (κ1) is 40.3. The van der Waals surface area contributed by atoms with E-state index in [-0.39, 0.29) is 17.0 Å². The number of aromatic nitrogens is 3. The summed E-state index contributed by atoms with van der Waals surface area (Å²) in [6, 6.07) is 3.93. The van der Waals surface area contributed by atoms with Crippen LogP contribution < -0.4 is 10.4 Å². The van der Waals surface area contributed by atoms with Crippen LogP contribution in [0.1, 0.15) is 53.3 Å². The van der Waals surface area contributed by atoms with Crippen LogP contribution in [-0.4, -0.2) is 115 Å². The van der Waals surface area contributed by atoms with E-state index in [1.54, 1.807) is 20.8 Å². The van der Waals surface area contributed by atoms with E-state index in [0.717, 1.165) is 6.33 Å². The van der Waals surface area contributed by atoms with Crippen LogP contribution in [0.3, 0.4) is 0 Å². The average Bonchev–Trinajstić information content (AvgIpc) is 3.65. The molecule has 274 valence electrons. The molecular weight excluding hydrogens is 683 g/mol. The minimum Gasteiger partial charge on any atom is -0.462 e. The van der Waals surface area contributed by atoms with Gasteiger partial charge in [-0.3, -0.25) is 9.59 Å². The van der Waals surface area contributed by atoms with Crippen molar-refractivity contribution in [2.24, 2.45) is 0 Å². The lowest BCUT2D eigenvalue weighted by molar-refractivity contribution is -0.180. The molecule has 2 aromatic rings. The number of rotatable bonds is 17. The van der Waals surface area contributed by atoms with Gasteiger partial charge in [0.05, 0.1) is 11.8 Å². The van der Waals surface area contributed by atoms with Gasteiger partial charge in [0.1, 0.15) is 36.2 Å². The van der Waals surface area contributed by atoms with Crippen molar-refractivity contribution < 1.29 is 61.4 Å². The summed E-state index contributed by atoms with van der Waals surface area (Å²) in [5.74, 6) is -2.95. The van der Waals surface area contributed by atoms with Crippen molar-refractivity contribution >= 4 is 43.3 Å². The number of hydrogen-bond acceptors (Lipinski definition) is 16. The van der Waals surface area contributed by atoms with E-state index in [9.17, 15) is 29.0 Å². The molecule has 3 heterocycles. The molecule has 0 radical (unpaired) electrons. The van der Waals surface area contributed by atoms with Gasteiger partial charge in [0.15, 0.2) is 36.8 Å². The maximum atomic E-state index is 13.2. The second-order valence-corrected chi connectivity index (χ2v) is 12.5. The van der Waals surface area contributed by atoms with Crippen LogP contribution in [-0.2, 0) is 61.4 Å². The summed E-state index contributed by atoms with van der Waals surface area (Å²) in [4.78, 5) is 55.2. The highest BCUT2D eigenvalue weighted by molar-refractivity contribution is 7.36. The fourth-order valence-electron chi connectivity index (χ4n) is 4.51. The zero-order chi connectivity index (χ0) is 37.3. The van der Waals surface area contributed by atoms with E-state index in [4.69, 9.17) is 37.7 Å². The van der Waals surface area contributed by atoms with E-state index in [1.807, 2.05) is 6.07 Å². The van der Waals surface area contributed by atoms with Gasteiger partial charge in [0, 0.05) is 21.3 Å². The molecule has 0 spiro atoms. The summed E-state index contributed by atoms with van der Waals surface area (Å²) < 4.78 is 58.0. The topological polar surface area (TPSA) is 237 Å². The number of hydrogen-bond donors (Lipinski definition) is 2. The summed E-state index contributed by atoms with van der Waals surface area (Å²) in [7, 11) is 1.07. The SMILES string of the molecule is CO[C@H](C)C(=O)Nc1ncnn2c([C@@H]3O[C@](C#N)(CO[P+](=O)N[C@@H](C)C(=O)OC(C)C)[C@@H](OC(=O)[C@@H](C)OC)[C@H]3OC(=O)[C@@H](C)OC)ccc12. The molecule has 0 aromatic carbocycles. The van der Waals surface area contributed by atoms with Crippen molar-refractivity contribution in [2.45, 2.75) is 95.9 Å². The fourth-order valence-corrected chi connectivity index (χ4v) is 5.31. The maximum absolute atomic E-state index is 13.2. The zero-order valence-electron chi connectivity index (χ0n) is 29.1. The van der Waals surface area contributed by atoms with Gasteiger partial charge in [-0.1, -0.05) is 5.09 Å². The van der Waals surface area contributed by atoms with Crippen LogP contribution in [0.2, 0.25) is 0 Å². The summed E-state index contributed by atoms with van der Waals surface area (Å²) in [5.41, 5.74) is -1.82. The molecule has 0 bridgehead atoms. The van der Waals surface area contributed by atoms with E-state index >= 15 is 0 Å². The minimum absolute atomic E-state index is 0.0969. The minimum atomic E-state index is -2.84. The van der Waals surface area contributed by atoms with Crippen LogP contribution in [0.25, 0.3) is 5.52 Å². The summed E-state index contributed by atoms with van der Waals surface area (Å²) >= 11 is 0. The van der Waals surface area contributed by atoms with Gasteiger partial charge in [0.2, 0.25) is 5.60 Å². The highest BCUT2D eigenvalue weighted by Gasteiger charge is 2.63. The molecule has 2 aromatic heterocycles. The highest BCUT2D eigenvalue weighted by atomic mass is 31.1. The first-order valence-electron chi connectivity index (χ1n) is 15.4. The second-order valence-electron chi connectivity index (χ2n) is 11.5. The molecule has 3 rings (SSSR count). The molecule has 0 saturated carbocycles. The Morgan fingerprint density at radius 2 is 1.60 bits per heavy atom. The van der Waals surface area contributed by atoms with E-state index in [2.05, 4.69) is 20.5 Å². The lowest BCUT2D eigenvalue weighted by Crippen LogP contribution is -2.50. The van der Waals surface area contributed by atoms with Gasteiger partial charge < -0.3 is 38.5 Å². The molecule has 1 aliphatic heterocycles. The zero-order valence-corrected chi connectivity index (χ0v) is 30.0. The van der Waals surface area contributed by atoms with Crippen molar-refractivity contribution in [2.75, 3.05) is 33.3 Å². The third kappa shape index (κ3) is 9.34. The molecule has 1 fully saturated rings. The van der Waals surface area contributed by atoms with Crippen molar-refractivity contribution in [3.63, 3.8) is 0 Å². The molecule has 0 aliphatic carbocycles. The van der Waals surface area contributed by atoms with Crippen molar-refractivity contribution in [1.29, 1.82) is 5.26 Å². The average molecular weight is 726 g/mol. The quantitative estimate of drug-likeness (QED) is 0.134. The van der Waals surface area contributed by atoms with Gasteiger partial charge in [-0.2, -0.15) is 10.4 Å². The van der Waals surface area contributed by atoms with Crippen LogP contribution >= 0.6 is 8.18 Å². The summed E-state index contributed by atoms with van der Waals surface area (Å²) in [6.07, 6.45) is -6.99. The smallest absolute Gasteiger partial charge is 0.462 e. The Bertz CT molecular complexity index is 1600. The number of carbonyl (C=O) groups is 4. The molecule has 1 unspecified atom stereocenters. The van der Waals surface area contributed by atoms with Crippen molar-refractivity contribution in [3.05, 3.63) is 24.2 Å². The third-order valence-electron chi connectivity index (χ3n) is 7.59. The molecule has 1 amide bonds. The Morgan fingerprint density at radius 3 is 2.18 bits per heavy atom. The van der Waals surface area contributed by atoms with Crippen LogP contribution in [0.4, 0.5) is 5.82 Å². The summed E-state index contributed by atoms with van der Waals surface area (Å²) in [5, 5.41) is 20.0. The number of amides is 1. The van der Waals surface area contributed by atoms with Gasteiger partial charge in [0.25, 0.3) is 5.91 Å². The number of esters is 3. The van der Waals surface area contributed by atoms with Gasteiger partial charge in [-0.15, -0.1) is 4.52 Å². The Kier molecular flexibility index (Phi) is 14.2.